The number of amides is 3. The second-order valence-corrected chi connectivity index (χ2v) is 9.31. The second kappa shape index (κ2) is 11.9. The van der Waals surface area contributed by atoms with Gasteiger partial charge in [-0.2, -0.15) is 0 Å². The van der Waals surface area contributed by atoms with Crippen LogP contribution >= 0.6 is 11.8 Å². The van der Waals surface area contributed by atoms with Gasteiger partial charge in [0.15, 0.2) is 5.17 Å². The van der Waals surface area contributed by atoms with E-state index >= 15 is 0 Å². The van der Waals surface area contributed by atoms with Crippen molar-refractivity contribution in [3.8, 4) is 5.75 Å². The Bertz CT molecular complexity index is 1210. The summed E-state index contributed by atoms with van der Waals surface area (Å²) in [7, 11) is 1.56. The Kier molecular flexibility index (Phi) is 8.37. The highest BCUT2D eigenvalue weighted by atomic mass is 32.2. The van der Waals surface area contributed by atoms with Gasteiger partial charge in [0.25, 0.3) is 5.91 Å². The first kappa shape index (κ1) is 25.4. The van der Waals surface area contributed by atoms with Gasteiger partial charge in [0, 0.05) is 30.3 Å². The molecule has 4 rings (SSSR count). The molecular weight excluding hydrogens is 478 g/mol. The van der Waals surface area contributed by atoms with Crippen LogP contribution in [0.5, 0.6) is 5.75 Å². The maximum Gasteiger partial charge on any atom is 0.259 e. The fourth-order valence-electron chi connectivity index (χ4n) is 3.88. The third-order valence-electron chi connectivity index (χ3n) is 5.73. The fourth-order valence-corrected chi connectivity index (χ4v) is 4.68. The van der Waals surface area contributed by atoms with Crippen LogP contribution in [0.4, 0.5) is 11.4 Å². The number of methoxy groups -OCH3 is 1. The summed E-state index contributed by atoms with van der Waals surface area (Å²) in [6.07, 6.45) is 2.45. The highest BCUT2D eigenvalue weighted by molar-refractivity contribution is 8.14. The first-order valence-electron chi connectivity index (χ1n) is 11.9. The number of nitrogens with one attached hydrogen (secondary N) is 2. The first-order chi connectivity index (χ1) is 17.5. The van der Waals surface area contributed by atoms with Crippen molar-refractivity contribution in [1.82, 2.24) is 10.2 Å². The molecule has 0 aromatic heterocycles. The summed E-state index contributed by atoms with van der Waals surface area (Å²) < 4.78 is 5.20. The minimum atomic E-state index is -0.667. The lowest BCUT2D eigenvalue weighted by Gasteiger charge is -2.25. The Hall–Kier alpha value is -3.66. The lowest BCUT2D eigenvalue weighted by atomic mass is 10.1. The van der Waals surface area contributed by atoms with E-state index in [0.717, 1.165) is 18.4 Å². The highest BCUT2D eigenvalue weighted by Gasteiger charge is 2.41. The van der Waals surface area contributed by atoms with Gasteiger partial charge in [-0.05, 0) is 37.1 Å². The van der Waals surface area contributed by atoms with Gasteiger partial charge in [-0.3, -0.25) is 19.4 Å². The topological polar surface area (TPSA) is 112 Å². The number of rotatable bonds is 10. The maximum atomic E-state index is 13.3. The first-order valence-corrected chi connectivity index (χ1v) is 12.9. The average molecular weight is 508 g/mol. The molecule has 2 aliphatic heterocycles. The Balaban J connectivity index is 1.44. The lowest BCUT2D eigenvalue weighted by molar-refractivity contribution is -0.125. The van der Waals surface area contributed by atoms with E-state index in [0.29, 0.717) is 41.1 Å². The third-order valence-corrected chi connectivity index (χ3v) is 6.67. The van der Waals surface area contributed by atoms with Crippen LogP contribution < -0.4 is 15.4 Å². The molecule has 3 amide bonds. The third kappa shape index (κ3) is 5.93. The normalized spacial score (nSPS) is 16.0. The number of aliphatic imine (C=N–C) groups is 2. The van der Waals surface area contributed by atoms with E-state index in [4.69, 9.17) is 4.74 Å². The Labute approximate surface area is 214 Å². The molecule has 10 heteroatoms. The van der Waals surface area contributed by atoms with E-state index in [9.17, 15) is 14.4 Å². The van der Waals surface area contributed by atoms with Gasteiger partial charge in [-0.1, -0.05) is 43.3 Å². The summed E-state index contributed by atoms with van der Waals surface area (Å²) in [6.45, 7) is 2.69. The molecule has 2 heterocycles. The standard InChI is InChI=1S/C26H29N5O4S/c1-3-4-14-27-22(32)13-12-21-25(34)31-24(29-21)19-10-5-6-11-20(19)30-26(31)36-16-23(33)28-17-8-7-9-18(15-17)35-2/h5-11,15,21H,3-4,12-14,16H2,1-2H3,(H,27,32)(H,28,33)/t21-/m1/s1. The van der Waals surface area contributed by atoms with Gasteiger partial charge in [0.05, 0.1) is 18.6 Å². The zero-order valence-electron chi connectivity index (χ0n) is 20.3. The number of carbonyl (C=O) groups is 3. The van der Waals surface area contributed by atoms with E-state index in [-0.39, 0.29) is 29.9 Å². The molecule has 2 aliphatic rings. The zero-order valence-corrected chi connectivity index (χ0v) is 21.1. The van der Waals surface area contributed by atoms with E-state index in [1.54, 1.807) is 31.4 Å². The smallest absolute Gasteiger partial charge is 0.259 e. The predicted octanol–water partition coefficient (Wildman–Crippen LogP) is 3.72. The van der Waals surface area contributed by atoms with Crippen LogP contribution in [-0.2, 0) is 14.4 Å². The minimum Gasteiger partial charge on any atom is -0.497 e. The van der Waals surface area contributed by atoms with Crippen molar-refractivity contribution in [2.24, 2.45) is 9.98 Å². The molecular formula is C26H29N5O4S. The van der Waals surface area contributed by atoms with E-state index in [1.165, 1.54) is 16.7 Å². The van der Waals surface area contributed by atoms with Gasteiger partial charge < -0.3 is 15.4 Å². The number of fused-ring (bicyclic) bond motifs is 3. The number of ether oxygens (including phenoxy) is 1. The number of anilines is 1. The SMILES string of the molecule is CCCCNC(=O)CC[C@H]1N=C2c3ccccc3N=C(SCC(=O)Nc3cccc(OC)c3)N2C1=O. The van der Waals surface area contributed by atoms with Gasteiger partial charge in [0.1, 0.15) is 17.6 Å². The number of hydrogen-bond donors (Lipinski definition) is 2. The molecule has 0 aliphatic carbocycles. The average Bonchev–Trinajstić information content (AvgIpc) is 3.23. The summed E-state index contributed by atoms with van der Waals surface area (Å²) in [6, 6.07) is 13.9. The molecule has 0 bridgehead atoms. The number of carbonyl (C=O) groups excluding carboxylic acids is 3. The molecule has 0 unspecified atom stereocenters. The van der Waals surface area contributed by atoms with Crippen molar-refractivity contribution in [3.63, 3.8) is 0 Å². The molecule has 2 aromatic carbocycles. The highest BCUT2D eigenvalue weighted by Crippen LogP contribution is 2.34. The van der Waals surface area contributed by atoms with Crippen molar-refractivity contribution in [2.45, 2.75) is 38.6 Å². The molecule has 2 aromatic rings. The van der Waals surface area contributed by atoms with Crippen LogP contribution in [0, 0.1) is 0 Å². The summed E-state index contributed by atoms with van der Waals surface area (Å²) in [4.78, 5) is 48.9. The number of amidine groups is 2. The van der Waals surface area contributed by atoms with Gasteiger partial charge in [-0.15, -0.1) is 0 Å². The van der Waals surface area contributed by atoms with Gasteiger partial charge >= 0.3 is 0 Å². The molecule has 0 saturated carbocycles. The quantitative estimate of drug-likeness (QED) is 0.476. The predicted molar refractivity (Wildman–Crippen MR) is 142 cm³/mol. The Morgan fingerprint density at radius 2 is 1.97 bits per heavy atom. The number of benzene rings is 2. The van der Waals surface area contributed by atoms with Crippen molar-refractivity contribution in [2.75, 3.05) is 24.7 Å². The molecule has 0 radical (unpaired) electrons. The molecule has 0 fully saturated rings. The Morgan fingerprint density at radius 1 is 1.14 bits per heavy atom. The molecule has 9 nitrogen and oxygen atoms in total. The van der Waals surface area contributed by atoms with E-state index in [1.807, 2.05) is 24.3 Å². The van der Waals surface area contributed by atoms with Crippen LogP contribution in [0.2, 0.25) is 0 Å². The molecule has 0 saturated heterocycles. The number of hydrogen-bond acceptors (Lipinski definition) is 7. The minimum absolute atomic E-state index is 0.0553. The van der Waals surface area contributed by atoms with Crippen LogP contribution in [0.3, 0.4) is 0 Å². The Morgan fingerprint density at radius 3 is 2.78 bits per heavy atom. The molecule has 2 N–H and O–H groups in total. The van der Waals surface area contributed by atoms with Gasteiger partial charge in [0.2, 0.25) is 11.8 Å². The van der Waals surface area contributed by atoms with Crippen molar-refractivity contribution >= 4 is 51.9 Å². The molecule has 0 spiro atoms. The van der Waals surface area contributed by atoms with Crippen molar-refractivity contribution < 1.29 is 19.1 Å². The lowest BCUT2D eigenvalue weighted by Crippen LogP contribution is -2.41. The van der Waals surface area contributed by atoms with E-state index in [2.05, 4.69) is 27.5 Å². The summed E-state index contributed by atoms with van der Waals surface area (Å²) in [5.74, 6) is 0.652. The summed E-state index contributed by atoms with van der Waals surface area (Å²) in [5.41, 5.74) is 2.06. The van der Waals surface area contributed by atoms with Gasteiger partial charge in [-0.25, -0.2) is 9.89 Å². The van der Waals surface area contributed by atoms with Crippen molar-refractivity contribution in [3.05, 3.63) is 54.1 Å². The van der Waals surface area contributed by atoms with Crippen LogP contribution in [-0.4, -0.2) is 59.1 Å². The number of para-hydroxylation sites is 1. The van der Waals surface area contributed by atoms with Crippen LogP contribution in [0.1, 0.15) is 38.2 Å². The summed E-state index contributed by atoms with van der Waals surface area (Å²) >= 11 is 1.17. The molecule has 1 atom stereocenters. The monoisotopic (exact) mass is 507 g/mol. The largest absolute Gasteiger partial charge is 0.497 e. The number of thioether (sulfide) groups is 1. The number of nitrogens with zero attached hydrogens (tertiary/aromatic N) is 3. The second-order valence-electron chi connectivity index (χ2n) is 8.36. The van der Waals surface area contributed by atoms with Crippen LogP contribution in [0.15, 0.2) is 58.5 Å². The van der Waals surface area contributed by atoms with Crippen LogP contribution in [0.25, 0.3) is 0 Å². The maximum absolute atomic E-state index is 13.3. The van der Waals surface area contributed by atoms with Crippen molar-refractivity contribution in [1.29, 1.82) is 0 Å². The summed E-state index contributed by atoms with van der Waals surface area (Å²) in [5, 5.41) is 6.11. The zero-order chi connectivity index (χ0) is 25.5. The van der Waals surface area contributed by atoms with E-state index < -0.39 is 6.04 Å². The fraction of sp³-hybridized carbons (Fsp3) is 0.346. The molecule has 36 heavy (non-hydrogen) atoms. The molecule has 188 valence electrons. The number of unbranched alkanes of at least 4 members (excludes halogenated alkanes) is 1.